The van der Waals surface area contributed by atoms with Gasteiger partial charge in [-0.25, -0.2) is 4.98 Å². The van der Waals surface area contributed by atoms with E-state index >= 15 is 0 Å². The van der Waals surface area contributed by atoms with E-state index < -0.39 is 0 Å². The average Bonchev–Trinajstić information content (AvgIpc) is 2.84. The molecule has 96 valence electrons. The predicted molar refractivity (Wildman–Crippen MR) is 77.7 cm³/mol. The van der Waals surface area contributed by atoms with Crippen molar-refractivity contribution in [2.75, 3.05) is 0 Å². The molecule has 0 aliphatic heterocycles. The zero-order valence-electron chi connectivity index (χ0n) is 10.2. The van der Waals surface area contributed by atoms with Gasteiger partial charge in [-0.1, -0.05) is 31.4 Å². The molecular formula is C13H17N2OS2+. The summed E-state index contributed by atoms with van der Waals surface area (Å²) in [6.45, 7) is 0. The minimum atomic E-state index is -0.000000000000000222. The number of nitrogens with two attached hydrogens (primary N) is 1. The third kappa shape index (κ3) is 3.31. The molecule has 1 saturated carbocycles. The molecule has 1 aromatic heterocycles. The molecule has 0 bridgehead atoms. The highest BCUT2D eigenvalue weighted by molar-refractivity contribution is 7.62. The maximum atomic E-state index is 8.62. The van der Waals surface area contributed by atoms with Crippen molar-refractivity contribution in [1.29, 1.82) is 0 Å². The Morgan fingerprint density at radius 2 is 1.89 bits per heavy atom. The first-order valence-electron chi connectivity index (χ1n) is 6.19. The van der Waals surface area contributed by atoms with Crippen LogP contribution in [0.2, 0.25) is 0 Å². The quantitative estimate of drug-likeness (QED) is 0.641. The Morgan fingerprint density at radius 1 is 1.22 bits per heavy atom. The van der Waals surface area contributed by atoms with Crippen molar-refractivity contribution in [3.63, 3.8) is 0 Å². The molecule has 1 aromatic carbocycles. The molecule has 5 heteroatoms. The lowest BCUT2D eigenvalue weighted by Gasteiger charge is -2.18. The largest absolute Gasteiger partial charge is 0.584 e. The molecule has 0 amide bonds. The van der Waals surface area contributed by atoms with Crippen LogP contribution in [0.3, 0.4) is 0 Å². The van der Waals surface area contributed by atoms with Gasteiger partial charge in [-0.2, -0.15) is 0 Å². The lowest BCUT2D eigenvalue weighted by atomic mass is 9.90. The van der Waals surface area contributed by atoms with Crippen LogP contribution >= 0.6 is 11.3 Å². The second-order valence-electron chi connectivity index (χ2n) is 4.45. The number of aromatic nitrogens is 1. The molecule has 1 fully saturated rings. The Labute approximate surface area is 115 Å². The summed E-state index contributed by atoms with van der Waals surface area (Å²) in [5.41, 5.74) is 1.18. The van der Waals surface area contributed by atoms with Gasteiger partial charge in [0.25, 0.3) is 0 Å². The first-order chi connectivity index (χ1) is 8.85. The molecule has 0 unspecified atom stereocenters. The van der Waals surface area contributed by atoms with Crippen LogP contribution in [-0.4, -0.2) is 4.98 Å². The van der Waals surface area contributed by atoms with Crippen LogP contribution in [-0.2, 0) is 16.1 Å². The van der Waals surface area contributed by atoms with Crippen LogP contribution in [0.25, 0.3) is 10.2 Å². The second kappa shape index (κ2) is 6.87. The fraction of sp³-hybridized carbons (Fsp3) is 0.462. The van der Waals surface area contributed by atoms with Crippen LogP contribution in [0.4, 0.5) is 0 Å². The van der Waals surface area contributed by atoms with Crippen molar-refractivity contribution in [2.24, 2.45) is 5.14 Å². The molecule has 3 rings (SSSR count). The van der Waals surface area contributed by atoms with E-state index in [-0.39, 0.29) is 11.9 Å². The van der Waals surface area contributed by atoms with E-state index in [0.717, 1.165) is 5.92 Å². The van der Waals surface area contributed by atoms with Crippen molar-refractivity contribution in [2.45, 2.75) is 38.0 Å². The number of hydrogen-bond donors (Lipinski definition) is 1. The number of thiazole rings is 1. The molecule has 0 radical (unpaired) electrons. The van der Waals surface area contributed by atoms with Gasteiger partial charge in [-0.05, 0) is 30.1 Å². The van der Waals surface area contributed by atoms with E-state index in [9.17, 15) is 0 Å². The molecule has 0 saturated heterocycles. The van der Waals surface area contributed by atoms with Gasteiger partial charge in [0.2, 0.25) is 0 Å². The van der Waals surface area contributed by atoms with Crippen molar-refractivity contribution >= 4 is 33.4 Å². The predicted octanol–water partition coefficient (Wildman–Crippen LogP) is 3.63. The van der Waals surface area contributed by atoms with Crippen molar-refractivity contribution in [3.8, 4) is 0 Å². The summed E-state index contributed by atoms with van der Waals surface area (Å²) in [6, 6.07) is 8.48. The van der Waals surface area contributed by atoms with Crippen molar-refractivity contribution < 1.29 is 4.21 Å². The van der Waals surface area contributed by atoms with E-state index in [2.05, 4.69) is 29.4 Å². The zero-order valence-corrected chi connectivity index (χ0v) is 11.8. The molecule has 1 aliphatic carbocycles. The van der Waals surface area contributed by atoms with E-state index in [1.807, 2.05) is 11.3 Å². The number of benzene rings is 1. The summed E-state index contributed by atoms with van der Waals surface area (Å²) < 4.78 is 9.97. The Kier molecular flexibility index (Phi) is 5.16. The Hall–Kier alpha value is -0.910. The van der Waals surface area contributed by atoms with Gasteiger partial charge < -0.3 is 0 Å². The van der Waals surface area contributed by atoms with E-state index in [1.54, 1.807) is 0 Å². The summed E-state index contributed by atoms with van der Waals surface area (Å²) in [4.78, 5) is 4.75. The fourth-order valence-corrected chi connectivity index (χ4v) is 3.55. The maximum absolute atomic E-state index is 8.62. The Bertz CT molecular complexity index is 473. The van der Waals surface area contributed by atoms with Gasteiger partial charge in [0.05, 0.1) is 19.4 Å². The SMILES string of the molecule is N[S+]=O.c1ccc2sc(C3CCCCC3)nc2c1. The van der Waals surface area contributed by atoms with Gasteiger partial charge in [-0.15, -0.1) is 11.3 Å². The second-order valence-corrected chi connectivity index (χ2v) is 5.71. The van der Waals surface area contributed by atoms with Gasteiger partial charge in [-0.3, -0.25) is 0 Å². The fourth-order valence-electron chi connectivity index (χ4n) is 2.41. The molecule has 0 atom stereocenters. The topological polar surface area (TPSA) is 56.0 Å². The lowest BCUT2D eigenvalue weighted by Crippen LogP contribution is -2.03. The highest BCUT2D eigenvalue weighted by Crippen LogP contribution is 2.36. The smallest absolute Gasteiger partial charge is 0.241 e. The summed E-state index contributed by atoms with van der Waals surface area (Å²) in [6.07, 6.45) is 6.89. The van der Waals surface area contributed by atoms with E-state index in [0.29, 0.717) is 0 Å². The zero-order chi connectivity index (χ0) is 12.8. The monoisotopic (exact) mass is 281 g/mol. The first-order valence-corrected chi connectivity index (χ1v) is 7.81. The highest BCUT2D eigenvalue weighted by atomic mass is 32.2. The first kappa shape index (κ1) is 13.5. The molecule has 1 heterocycles. The minimum absolute atomic E-state index is 0.000000000000000222. The van der Waals surface area contributed by atoms with Gasteiger partial charge in [0.1, 0.15) is 0 Å². The minimum Gasteiger partial charge on any atom is -0.241 e. The van der Waals surface area contributed by atoms with Crippen molar-refractivity contribution in [3.05, 3.63) is 29.3 Å². The van der Waals surface area contributed by atoms with Crippen LogP contribution in [0.15, 0.2) is 24.3 Å². The van der Waals surface area contributed by atoms with E-state index in [4.69, 9.17) is 9.19 Å². The number of para-hydroxylation sites is 1. The average molecular weight is 281 g/mol. The van der Waals surface area contributed by atoms with Crippen molar-refractivity contribution in [1.82, 2.24) is 4.98 Å². The normalized spacial score (nSPS) is 16.1. The lowest BCUT2D eigenvalue weighted by molar-refractivity contribution is 0.443. The third-order valence-corrected chi connectivity index (χ3v) is 4.46. The van der Waals surface area contributed by atoms with E-state index in [1.165, 1.54) is 47.3 Å². The number of rotatable bonds is 1. The van der Waals surface area contributed by atoms with Crippen LogP contribution in [0.5, 0.6) is 0 Å². The summed E-state index contributed by atoms with van der Waals surface area (Å²) in [7, 11) is 0. The summed E-state index contributed by atoms with van der Waals surface area (Å²) >= 11 is 1.89. The molecule has 18 heavy (non-hydrogen) atoms. The standard InChI is InChI=1S/C13H15NS.H2NOS/c1-2-6-10(7-3-1)13-14-11-8-4-5-9-12(11)15-13;1-3-2/h4-5,8-10H,1-3,6-7H2;(H2,1,2)/q;+1. The molecule has 1 aliphatic rings. The van der Waals surface area contributed by atoms with Gasteiger partial charge in [0, 0.05) is 5.92 Å². The summed E-state index contributed by atoms with van der Waals surface area (Å²) in [5, 5.41) is 5.58. The van der Waals surface area contributed by atoms with Gasteiger partial charge in [0.15, 0.2) is 0 Å². The number of hydrogen-bond acceptors (Lipinski definition) is 3. The molecule has 2 aromatic rings. The molecule has 3 nitrogen and oxygen atoms in total. The Morgan fingerprint density at radius 3 is 2.56 bits per heavy atom. The van der Waals surface area contributed by atoms with Crippen LogP contribution in [0, 0.1) is 0 Å². The number of nitrogens with zero attached hydrogens (tertiary/aromatic N) is 1. The van der Waals surface area contributed by atoms with Gasteiger partial charge >= 0.3 is 11.9 Å². The van der Waals surface area contributed by atoms with Crippen LogP contribution in [0.1, 0.15) is 43.0 Å². The third-order valence-electron chi connectivity index (χ3n) is 3.26. The van der Waals surface area contributed by atoms with Crippen LogP contribution < -0.4 is 5.14 Å². The summed E-state index contributed by atoms with van der Waals surface area (Å²) in [5.74, 6) is 0.746. The molecule has 2 N–H and O–H groups in total. The number of fused-ring (bicyclic) bond motifs is 1. The molecule has 0 spiro atoms. The molecular weight excluding hydrogens is 264 g/mol. The Balaban J connectivity index is 0.000000367. The maximum Gasteiger partial charge on any atom is 0.584 e. The highest BCUT2D eigenvalue weighted by Gasteiger charge is 2.18.